The predicted octanol–water partition coefficient (Wildman–Crippen LogP) is 2.62. The molecular formula is C13H16ClFN2O2. The van der Waals surface area contributed by atoms with Crippen molar-refractivity contribution in [3.8, 4) is 0 Å². The molecule has 0 saturated heterocycles. The van der Waals surface area contributed by atoms with Crippen molar-refractivity contribution in [2.45, 2.75) is 37.3 Å². The molecule has 19 heavy (non-hydrogen) atoms. The molecule has 0 amide bonds. The van der Waals surface area contributed by atoms with Gasteiger partial charge in [0.15, 0.2) is 0 Å². The molecule has 2 rings (SSSR count). The molecule has 0 heterocycles. The number of hydrogen-bond donors (Lipinski definition) is 3. The first-order valence-corrected chi connectivity index (χ1v) is 6.53. The van der Waals surface area contributed by atoms with Crippen LogP contribution in [-0.4, -0.2) is 22.7 Å². The largest absolute Gasteiger partial charge is 0.480 e. The molecule has 1 aromatic carbocycles. The summed E-state index contributed by atoms with van der Waals surface area (Å²) in [5.74, 6) is -1.44. The average Bonchev–Trinajstić information content (AvgIpc) is 2.37. The van der Waals surface area contributed by atoms with Crippen molar-refractivity contribution in [1.82, 2.24) is 0 Å². The number of nitrogens with two attached hydrogens (primary N) is 1. The van der Waals surface area contributed by atoms with Crippen molar-refractivity contribution in [3.05, 3.63) is 29.0 Å². The molecule has 1 aliphatic carbocycles. The van der Waals surface area contributed by atoms with E-state index in [0.717, 1.165) is 0 Å². The highest BCUT2D eigenvalue weighted by Crippen LogP contribution is 2.32. The van der Waals surface area contributed by atoms with Gasteiger partial charge in [-0.15, -0.1) is 0 Å². The van der Waals surface area contributed by atoms with Crippen molar-refractivity contribution in [1.29, 1.82) is 0 Å². The second-order valence-electron chi connectivity index (χ2n) is 4.98. The number of nitrogens with one attached hydrogen (secondary N) is 1. The van der Waals surface area contributed by atoms with Crippen LogP contribution in [0, 0.1) is 5.82 Å². The molecule has 6 heteroatoms. The molecule has 0 atom stereocenters. The van der Waals surface area contributed by atoms with Gasteiger partial charge in [-0.3, -0.25) is 0 Å². The SMILES string of the molecule is NC1CCC(Nc2ccc(F)c(Cl)c2)(C(=O)O)CC1. The Morgan fingerprint density at radius 1 is 1.47 bits per heavy atom. The van der Waals surface area contributed by atoms with Crippen LogP contribution in [0.15, 0.2) is 18.2 Å². The van der Waals surface area contributed by atoms with Gasteiger partial charge >= 0.3 is 5.97 Å². The zero-order valence-corrected chi connectivity index (χ0v) is 11.1. The van der Waals surface area contributed by atoms with E-state index < -0.39 is 17.3 Å². The Morgan fingerprint density at radius 2 is 2.11 bits per heavy atom. The van der Waals surface area contributed by atoms with Crippen LogP contribution in [0.5, 0.6) is 0 Å². The van der Waals surface area contributed by atoms with E-state index in [9.17, 15) is 14.3 Å². The lowest BCUT2D eigenvalue weighted by atomic mass is 9.79. The highest BCUT2D eigenvalue weighted by atomic mass is 35.5. The number of carboxylic acid groups (broad SMARTS) is 1. The van der Waals surface area contributed by atoms with Gasteiger partial charge in [0.1, 0.15) is 11.4 Å². The van der Waals surface area contributed by atoms with Crippen LogP contribution in [0.3, 0.4) is 0 Å². The molecule has 4 N–H and O–H groups in total. The van der Waals surface area contributed by atoms with E-state index in [1.807, 2.05) is 0 Å². The number of rotatable bonds is 3. The molecule has 0 aromatic heterocycles. The van der Waals surface area contributed by atoms with Crippen LogP contribution < -0.4 is 11.1 Å². The van der Waals surface area contributed by atoms with Gasteiger partial charge in [-0.25, -0.2) is 9.18 Å². The van der Waals surface area contributed by atoms with E-state index in [4.69, 9.17) is 17.3 Å². The summed E-state index contributed by atoms with van der Waals surface area (Å²) in [4.78, 5) is 11.5. The molecule has 0 spiro atoms. The quantitative estimate of drug-likeness (QED) is 0.798. The maximum atomic E-state index is 13.1. The molecule has 4 nitrogen and oxygen atoms in total. The van der Waals surface area contributed by atoms with Crippen LogP contribution in [0.4, 0.5) is 10.1 Å². The zero-order chi connectivity index (χ0) is 14.0. The Labute approximate surface area is 115 Å². The number of carboxylic acids is 1. The molecule has 1 aromatic rings. The molecular weight excluding hydrogens is 271 g/mol. The van der Waals surface area contributed by atoms with Crippen molar-refractivity contribution < 1.29 is 14.3 Å². The van der Waals surface area contributed by atoms with E-state index in [2.05, 4.69) is 5.32 Å². The Morgan fingerprint density at radius 3 is 2.63 bits per heavy atom. The van der Waals surface area contributed by atoms with E-state index in [1.165, 1.54) is 18.2 Å². The maximum absolute atomic E-state index is 13.1. The van der Waals surface area contributed by atoms with E-state index in [0.29, 0.717) is 31.4 Å². The summed E-state index contributed by atoms with van der Waals surface area (Å²) in [6, 6.07) is 4.15. The van der Waals surface area contributed by atoms with E-state index in [1.54, 1.807) is 0 Å². The smallest absolute Gasteiger partial charge is 0.329 e. The lowest BCUT2D eigenvalue weighted by molar-refractivity contribution is -0.143. The fourth-order valence-electron chi connectivity index (χ4n) is 2.38. The minimum absolute atomic E-state index is 0.0296. The summed E-state index contributed by atoms with van der Waals surface area (Å²) in [7, 11) is 0. The van der Waals surface area contributed by atoms with E-state index in [-0.39, 0.29) is 11.1 Å². The highest BCUT2D eigenvalue weighted by molar-refractivity contribution is 6.31. The van der Waals surface area contributed by atoms with Gasteiger partial charge in [0.25, 0.3) is 0 Å². The fraction of sp³-hybridized carbons (Fsp3) is 0.462. The molecule has 104 valence electrons. The summed E-state index contributed by atoms with van der Waals surface area (Å²) in [6.45, 7) is 0. The molecule has 0 bridgehead atoms. The molecule has 1 saturated carbocycles. The first-order chi connectivity index (χ1) is 8.93. The molecule has 0 unspecified atom stereocenters. The summed E-state index contributed by atoms with van der Waals surface area (Å²) < 4.78 is 13.1. The van der Waals surface area contributed by atoms with Crippen molar-refractivity contribution in [3.63, 3.8) is 0 Å². The lowest BCUT2D eigenvalue weighted by Crippen LogP contribution is -2.51. The number of carbonyl (C=O) groups is 1. The third-order valence-electron chi connectivity index (χ3n) is 3.60. The lowest BCUT2D eigenvalue weighted by Gasteiger charge is -2.37. The maximum Gasteiger partial charge on any atom is 0.329 e. The zero-order valence-electron chi connectivity index (χ0n) is 10.3. The third-order valence-corrected chi connectivity index (χ3v) is 3.89. The molecule has 1 aliphatic rings. The second kappa shape index (κ2) is 5.35. The summed E-state index contributed by atoms with van der Waals surface area (Å²) in [6.07, 6.45) is 2.18. The van der Waals surface area contributed by atoms with Crippen LogP contribution in [0.2, 0.25) is 5.02 Å². The molecule has 1 fully saturated rings. The Hall–Kier alpha value is -1.33. The van der Waals surface area contributed by atoms with Gasteiger partial charge in [0, 0.05) is 11.7 Å². The Balaban J connectivity index is 2.21. The summed E-state index contributed by atoms with van der Waals surface area (Å²) >= 11 is 5.70. The van der Waals surface area contributed by atoms with Crippen LogP contribution >= 0.6 is 11.6 Å². The topological polar surface area (TPSA) is 75.3 Å². The normalized spacial score (nSPS) is 27.0. The van der Waals surface area contributed by atoms with Gasteiger partial charge in [-0.2, -0.15) is 0 Å². The van der Waals surface area contributed by atoms with Crippen molar-refractivity contribution in [2.24, 2.45) is 5.73 Å². The van der Waals surface area contributed by atoms with Crippen molar-refractivity contribution >= 4 is 23.3 Å². The summed E-state index contributed by atoms with van der Waals surface area (Å²) in [5.41, 5.74) is 5.26. The number of halogens is 2. The predicted molar refractivity (Wildman–Crippen MR) is 71.8 cm³/mol. The van der Waals surface area contributed by atoms with Gasteiger partial charge in [-0.05, 0) is 43.9 Å². The van der Waals surface area contributed by atoms with Gasteiger partial charge in [0.05, 0.1) is 5.02 Å². The third kappa shape index (κ3) is 2.98. The van der Waals surface area contributed by atoms with Crippen LogP contribution in [0.1, 0.15) is 25.7 Å². The van der Waals surface area contributed by atoms with Crippen molar-refractivity contribution in [2.75, 3.05) is 5.32 Å². The number of anilines is 1. The van der Waals surface area contributed by atoms with Crippen LogP contribution in [-0.2, 0) is 4.79 Å². The van der Waals surface area contributed by atoms with Gasteiger partial charge < -0.3 is 16.2 Å². The first-order valence-electron chi connectivity index (χ1n) is 6.15. The number of aliphatic carboxylic acids is 1. The van der Waals surface area contributed by atoms with Gasteiger partial charge in [0.2, 0.25) is 0 Å². The standard InChI is InChI=1S/C13H16ClFN2O2/c14-10-7-9(1-2-11(10)15)17-13(12(18)19)5-3-8(16)4-6-13/h1-2,7-8,17H,3-6,16H2,(H,18,19). The average molecular weight is 287 g/mol. The Bertz CT molecular complexity index is 488. The Kier molecular flexibility index (Phi) is 3.96. The monoisotopic (exact) mass is 286 g/mol. The minimum atomic E-state index is -1.04. The number of hydrogen-bond acceptors (Lipinski definition) is 3. The molecule has 0 radical (unpaired) electrons. The second-order valence-corrected chi connectivity index (χ2v) is 5.39. The summed E-state index contributed by atoms with van der Waals surface area (Å²) in [5, 5.41) is 12.4. The minimum Gasteiger partial charge on any atom is -0.480 e. The van der Waals surface area contributed by atoms with Crippen LogP contribution in [0.25, 0.3) is 0 Å². The van der Waals surface area contributed by atoms with Gasteiger partial charge in [-0.1, -0.05) is 11.6 Å². The first kappa shape index (κ1) is 14.1. The number of benzene rings is 1. The van der Waals surface area contributed by atoms with E-state index >= 15 is 0 Å². The molecule has 0 aliphatic heterocycles. The highest BCUT2D eigenvalue weighted by Gasteiger charge is 2.41. The fourth-order valence-corrected chi connectivity index (χ4v) is 2.56.